The maximum absolute atomic E-state index is 12.8. The predicted octanol–water partition coefficient (Wildman–Crippen LogP) is 4.93. The van der Waals surface area contributed by atoms with Crippen LogP contribution in [0, 0.1) is 6.92 Å². The molecule has 3 rings (SSSR count). The second-order valence-electron chi connectivity index (χ2n) is 6.47. The highest BCUT2D eigenvalue weighted by Gasteiger charge is 2.27. The lowest BCUT2D eigenvalue weighted by atomic mass is 10.1. The predicted molar refractivity (Wildman–Crippen MR) is 101 cm³/mol. The Balaban J connectivity index is 1.61. The quantitative estimate of drug-likeness (QED) is 0.840. The number of nitrogens with one attached hydrogen (secondary N) is 1. The summed E-state index contributed by atoms with van der Waals surface area (Å²) in [5.74, 6) is 0. The maximum atomic E-state index is 12.8. The van der Waals surface area contributed by atoms with Crippen molar-refractivity contribution in [1.29, 1.82) is 0 Å². The third-order valence-electron chi connectivity index (χ3n) is 4.64. The van der Waals surface area contributed by atoms with Gasteiger partial charge in [-0.25, -0.2) is 4.79 Å². The molecule has 1 fully saturated rings. The van der Waals surface area contributed by atoms with Crippen molar-refractivity contribution in [2.75, 3.05) is 13.1 Å². The molecular weight excluding hydrogens is 316 g/mol. The van der Waals surface area contributed by atoms with E-state index in [1.165, 1.54) is 28.2 Å². The van der Waals surface area contributed by atoms with Crippen LogP contribution in [0.5, 0.6) is 0 Å². The molecule has 0 radical (unpaired) electrons. The lowest BCUT2D eigenvalue weighted by Crippen LogP contribution is -2.42. The molecule has 0 bridgehead atoms. The average molecular weight is 343 g/mol. The van der Waals surface area contributed by atoms with Crippen molar-refractivity contribution < 1.29 is 4.79 Å². The summed E-state index contributed by atoms with van der Waals surface area (Å²) in [5, 5.41) is 3.13. The van der Waals surface area contributed by atoms with Crippen LogP contribution in [0.3, 0.4) is 0 Å². The molecule has 1 aromatic carbocycles. The first-order valence-electron chi connectivity index (χ1n) is 8.89. The molecule has 1 saturated heterocycles. The van der Waals surface area contributed by atoms with Crippen LogP contribution in [0.4, 0.5) is 4.79 Å². The van der Waals surface area contributed by atoms with Gasteiger partial charge in [0.2, 0.25) is 0 Å². The topological polar surface area (TPSA) is 32.3 Å². The number of likely N-dealkylation sites (tertiary alicyclic amines) is 1. The zero-order valence-corrected chi connectivity index (χ0v) is 15.1. The standard InChI is InChI=1S/C20H26N2OS/c1-16-11-12-19(24-16)18-10-6-3-7-15-22(18)20(23)21-14-13-17-8-4-2-5-9-17/h2,4-5,8-9,11-12,18H,3,6-7,10,13-15H2,1H3,(H,21,23). The molecule has 2 amide bonds. The fourth-order valence-corrected chi connectivity index (χ4v) is 4.36. The Kier molecular flexibility index (Phi) is 5.91. The molecule has 1 aliphatic rings. The third-order valence-corrected chi connectivity index (χ3v) is 5.74. The van der Waals surface area contributed by atoms with Gasteiger partial charge in [-0.05, 0) is 43.9 Å². The van der Waals surface area contributed by atoms with Gasteiger partial charge in [0.15, 0.2) is 0 Å². The lowest BCUT2D eigenvalue weighted by Gasteiger charge is -2.29. The van der Waals surface area contributed by atoms with Crippen LogP contribution >= 0.6 is 11.3 Å². The second kappa shape index (κ2) is 8.34. The monoisotopic (exact) mass is 342 g/mol. The Morgan fingerprint density at radius 2 is 2.00 bits per heavy atom. The van der Waals surface area contributed by atoms with Crippen LogP contribution in [0.2, 0.25) is 0 Å². The van der Waals surface area contributed by atoms with Crippen LogP contribution < -0.4 is 5.32 Å². The van der Waals surface area contributed by atoms with Gasteiger partial charge in [-0.15, -0.1) is 11.3 Å². The molecule has 4 heteroatoms. The number of hydrogen-bond acceptors (Lipinski definition) is 2. The summed E-state index contributed by atoms with van der Waals surface area (Å²) in [7, 11) is 0. The highest BCUT2D eigenvalue weighted by molar-refractivity contribution is 7.12. The van der Waals surface area contributed by atoms with Crippen LogP contribution in [-0.2, 0) is 6.42 Å². The number of amides is 2. The minimum atomic E-state index is 0.0869. The minimum Gasteiger partial charge on any atom is -0.338 e. The van der Waals surface area contributed by atoms with E-state index < -0.39 is 0 Å². The molecule has 0 saturated carbocycles. The first-order chi connectivity index (χ1) is 11.7. The summed E-state index contributed by atoms with van der Waals surface area (Å²) < 4.78 is 0. The number of nitrogens with zero attached hydrogens (tertiary/aromatic N) is 1. The summed E-state index contributed by atoms with van der Waals surface area (Å²) >= 11 is 1.82. The first-order valence-corrected chi connectivity index (χ1v) is 9.70. The van der Waals surface area contributed by atoms with Crippen molar-refractivity contribution in [2.45, 2.75) is 45.1 Å². The average Bonchev–Trinajstić information content (AvgIpc) is 2.88. The largest absolute Gasteiger partial charge is 0.338 e. The smallest absolute Gasteiger partial charge is 0.317 e. The van der Waals surface area contributed by atoms with E-state index in [9.17, 15) is 4.79 Å². The van der Waals surface area contributed by atoms with Crippen molar-refractivity contribution in [3.63, 3.8) is 0 Å². The van der Waals surface area contributed by atoms with Gasteiger partial charge < -0.3 is 10.2 Å². The van der Waals surface area contributed by atoms with Gasteiger partial charge >= 0.3 is 6.03 Å². The van der Waals surface area contributed by atoms with E-state index in [2.05, 4.69) is 41.4 Å². The van der Waals surface area contributed by atoms with E-state index in [-0.39, 0.29) is 12.1 Å². The van der Waals surface area contributed by atoms with E-state index in [4.69, 9.17) is 0 Å². The van der Waals surface area contributed by atoms with E-state index in [1.807, 2.05) is 29.5 Å². The number of thiophene rings is 1. The third kappa shape index (κ3) is 4.38. The van der Waals surface area contributed by atoms with Gasteiger partial charge in [0, 0.05) is 22.8 Å². The molecule has 3 nitrogen and oxygen atoms in total. The zero-order chi connectivity index (χ0) is 16.8. The van der Waals surface area contributed by atoms with Crippen molar-refractivity contribution in [3.05, 3.63) is 57.8 Å². The molecule has 1 aliphatic heterocycles. The number of urea groups is 1. The number of hydrogen-bond donors (Lipinski definition) is 1. The summed E-state index contributed by atoms with van der Waals surface area (Å²) in [6, 6.07) is 15.0. The Bertz CT molecular complexity index is 653. The molecule has 128 valence electrons. The summed E-state index contributed by atoms with van der Waals surface area (Å²) in [6.45, 7) is 3.68. The van der Waals surface area contributed by atoms with E-state index >= 15 is 0 Å². The molecule has 24 heavy (non-hydrogen) atoms. The Labute approximate surface area is 148 Å². The molecule has 0 aliphatic carbocycles. The summed E-state index contributed by atoms with van der Waals surface area (Å²) in [6.07, 6.45) is 5.48. The molecule has 1 atom stereocenters. The van der Waals surface area contributed by atoms with Gasteiger partial charge in [0.05, 0.1) is 6.04 Å². The van der Waals surface area contributed by atoms with Crippen LogP contribution in [0.25, 0.3) is 0 Å². The van der Waals surface area contributed by atoms with Crippen molar-refractivity contribution in [2.24, 2.45) is 0 Å². The normalized spacial score (nSPS) is 18.2. The first kappa shape index (κ1) is 17.0. The fourth-order valence-electron chi connectivity index (χ4n) is 3.34. The van der Waals surface area contributed by atoms with Crippen LogP contribution in [0.1, 0.15) is 47.0 Å². The molecular formula is C20H26N2OS. The molecule has 2 aromatic rings. The number of benzene rings is 1. The maximum Gasteiger partial charge on any atom is 0.317 e. The summed E-state index contributed by atoms with van der Waals surface area (Å²) in [4.78, 5) is 17.5. The van der Waals surface area contributed by atoms with E-state index in [0.29, 0.717) is 6.54 Å². The van der Waals surface area contributed by atoms with Crippen LogP contribution in [0.15, 0.2) is 42.5 Å². The van der Waals surface area contributed by atoms with Gasteiger partial charge in [-0.1, -0.05) is 43.2 Å². The second-order valence-corrected chi connectivity index (χ2v) is 7.79. The SMILES string of the molecule is Cc1ccc(C2CCCCCN2C(=O)NCCc2ccccc2)s1. The molecule has 2 heterocycles. The van der Waals surface area contributed by atoms with Crippen LogP contribution in [-0.4, -0.2) is 24.0 Å². The van der Waals surface area contributed by atoms with Crippen molar-refractivity contribution in [3.8, 4) is 0 Å². The van der Waals surface area contributed by atoms with Gasteiger partial charge in [0.1, 0.15) is 0 Å². The highest BCUT2D eigenvalue weighted by Crippen LogP contribution is 2.34. The van der Waals surface area contributed by atoms with Crippen molar-refractivity contribution in [1.82, 2.24) is 10.2 Å². The van der Waals surface area contributed by atoms with Gasteiger partial charge in [-0.2, -0.15) is 0 Å². The van der Waals surface area contributed by atoms with Gasteiger partial charge in [-0.3, -0.25) is 0 Å². The Morgan fingerprint density at radius 3 is 2.75 bits per heavy atom. The number of carbonyl (C=O) groups is 1. The Morgan fingerprint density at radius 1 is 1.17 bits per heavy atom. The molecule has 1 unspecified atom stereocenters. The van der Waals surface area contributed by atoms with Gasteiger partial charge in [0.25, 0.3) is 0 Å². The molecule has 1 aromatic heterocycles. The van der Waals surface area contributed by atoms with E-state index in [0.717, 1.165) is 25.8 Å². The number of aryl methyl sites for hydroxylation is 1. The number of carbonyl (C=O) groups excluding carboxylic acids is 1. The van der Waals surface area contributed by atoms with E-state index in [1.54, 1.807) is 0 Å². The molecule has 1 N–H and O–H groups in total. The molecule has 0 spiro atoms. The summed E-state index contributed by atoms with van der Waals surface area (Å²) in [5.41, 5.74) is 1.26. The highest BCUT2D eigenvalue weighted by atomic mass is 32.1. The fraction of sp³-hybridized carbons (Fsp3) is 0.450. The Hall–Kier alpha value is -1.81. The minimum absolute atomic E-state index is 0.0869. The lowest BCUT2D eigenvalue weighted by molar-refractivity contribution is 0.177. The van der Waals surface area contributed by atoms with Crippen molar-refractivity contribution >= 4 is 17.4 Å². The number of rotatable bonds is 4. The zero-order valence-electron chi connectivity index (χ0n) is 14.3.